The Morgan fingerprint density at radius 3 is 1.05 bits per heavy atom. The van der Waals surface area contributed by atoms with E-state index >= 15 is 0 Å². The minimum atomic E-state index is 0.979. The Morgan fingerprint density at radius 1 is 0.318 bits per heavy atom. The summed E-state index contributed by atoms with van der Waals surface area (Å²) in [5.74, 6) is 0. The summed E-state index contributed by atoms with van der Waals surface area (Å²) >= 11 is 0. The second-order valence-corrected chi connectivity index (χ2v) is 12.0. The van der Waals surface area contributed by atoms with Gasteiger partial charge in [0.05, 0.1) is 22.4 Å². The maximum atomic E-state index is 5.55. The van der Waals surface area contributed by atoms with Crippen molar-refractivity contribution in [2.45, 2.75) is 41.5 Å². The maximum Gasteiger partial charge on any atom is 0.0978 e. The second-order valence-electron chi connectivity index (χ2n) is 12.0. The zero-order valence-corrected chi connectivity index (χ0v) is 26.3. The van der Waals surface area contributed by atoms with Gasteiger partial charge < -0.3 is 0 Å². The van der Waals surface area contributed by atoms with Crippen LogP contribution in [-0.2, 0) is 0 Å². The number of benzene rings is 5. The summed E-state index contributed by atoms with van der Waals surface area (Å²) in [6, 6.07) is 38.7. The molecule has 0 atom stereocenters. The highest BCUT2D eigenvalue weighted by Gasteiger charge is 2.22. The third-order valence-electron chi connectivity index (χ3n) is 9.51. The van der Waals surface area contributed by atoms with Gasteiger partial charge in [-0.3, -0.25) is 0 Å². The van der Waals surface area contributed by atoms with Gasteiger partial charge in [-0.05, 0) is 115 Å². The smallest absolute Gasteiger partial charge is 0.0978 e. The van der Waals surface area contributed by atoms with Gasteiger partial charge in [-0.2, -0.15) is 0 Å². The fourth-order valence-corrected chi connectivity index (χ4v) is 6.74. The van der Waals surface area contributed by atoms with Crippen LogP contribution in [0, 0.1) is 41.5 Å². The van der Waals surface area contributed by atoms with E-state index in [0.717, 1.165) is 33.5 Å². The summed E-state index contributed by atoms with van der Waals surface area (Å²) in [5, 5.41) is 2.44. The van der Waals surface area contributed by atoms with Crippen LogP contribution in [0.25, 0.3) is 66.6 Å². The number of pyridine rings is 2. The molecule has 7 rings (SSSR count). The fraction of sp³-hybridized carbons (Fsp3) is 0.143. The minimum Gasteiger partial charge on any atom is -0.245 e. The van der Waals surface area contributed by atoms with Crippen LogP contribution in [0.5, 0.6) is 0 Å². The Balaban J connectivity index is 1.57. The van der Waals surface area contributed by atoms with Gasteiger partial charge in [0.25, 0.3) is 0 Å². The van der Waals surface area contributed by atoms with E-state index in [0.29, 0.717) is 0 Å². The molecule has 0 saturated carbocycles. The lowest BCUT2D eigenvalue weighted by Gasteiger charge is -2.21. The highest BCUT2D eigenvalue weighted by molar-refractivity contribution is 6.10. The molecule has 2 nitrogen and oxygen atoms in total. The summed E-state index contributed by atoms with van der Waals surface area (Å²) in [6.07, 6.45) is 0. The molecule has 2 heteroatoms. The molecule has 0 radical (unpaired) electrons. The van der Waals surface area contributed by atoms with Gasteiger partial charge in [-0.25, -0.2) is 9.97 Å². The van der Waals surface area contributed by atoms with E-state index in [-0.39, 0.29) is 0 Å². The van der Waals surface area contributed by atoms with E-state index in [2.05, 4.69) is 151 Å². The van der Waals surface area contributed by atoms with Crippen molar-refractivity contribution in [1.29, 1.82) is 0 Å². The Kier molecular flexibility index (Phi) is 6.86. The molecule has 0 fully saturated rings. The van der Waals surface area contributed by atoms with Crippen LogP contribution in [0.3, 0.4) is 0 Å². The van der Waals surface area contributed by atoms with Crippen LogP contribution in [-0.4, -0.2) is 9.97 Å². The second kappa shape index (κ2) is 10.9. The predicted molar refractivity (Wildman–Crippen MR) is 187 cm³/mol. The normalized spacial score (nSPS) is 11.4. The number of hydrogen-bond acceptors (Lipinski definition) is 2. The van der Waals surface area contributed by atoms with Crippen molar-refractivity contribution in [3.8, 4) is 44.8 Å². The number of fused-ring (bicyclic) bond motifs is 3. The monoisotopic (exact) mass is 568 g/mol. The van der Waals surface area contributed by atoms with Crippen molar-refractivity contribution in [2.75, 3.05) is 0 Å². The third kappa shape index (κ3) is 4.50. The molecule has 2 aromatic heterocycles. The van der Waals surface area contributed by atoms with Crippen molar-refractivity contribution in [1.82, 2.24) is 9.97 Å². The van der Waals surface area contributed by atoms with Gasteiger partial charge in [0.1, 0.15) is 0 Å². The highest BCUT2D eigenvalue weighted by Crippen LogP contribution is 2.41. The highest BCUT2D eigenvalue weighted by atomic mass is 14.8. The van der Waals surface area contributed by atoms with Gasteiger partial charge in [0, 0.05) is 21.9 Å². The van der Waals surface area contributed by atoms with Crippen molar-refractivity contribution in [3.05, 3.63) is 143 Å². The molecular weight excluding hydrogens is 532 g/mol. The first-order chi connectivity index (χ1) is 21.3. The number of aryl methyl sites for hydroxylation is 4. The molecule has 0 aliphatic rings. The first-order valence-corrected chi connectivity index (χ1v) is 15.4. The van der Waals surface area contributed by atoms with E-state index < -0.39 is 0 Å². The first kappa shape index (κ1) is 27.7. The molecule has 0 N–H and O–H groups in total. The third-order valence-corrected chi connectivity index (χ3v) is 9.51. The van der Waals surface area contributed by atoms with Gasteiger partial charge >= 0.3 is 0 Å². The number of nitrogens with zero attached hydrogens (tertiary/aromatic N) is 2. The molecule has 214 valence electrons. The van der Waals surface area contributed by atoms with Crippen molar-refractivity contribution in [3.63, 3.8) is 0 Å². The fourth-order valence-electron chi connectivity index (χ4n) is 6.74. The molecule has 0 unspecified atom stereocenters. The van der Waals surface area contributed by atoms with Gasteiger partial charge in [0.2, 0.25) is 0 Å². The molecule has 0 spiro atoms. The Morgan fingerprint density at radius 2 is 0.636 bits per heavy atom. The molecule has 2 heterocycles. The number of aromatic nitrogens is 2. The molecule has 44 heavy (non-hydrogen) atoms. The van der Waals surface area contributed by atoms with Gasteiger partial charge in [-0.1, -0.05) is 91.0 Å². The summed E-state index contributed by atoms with van der Waals surface area (Å²) < 4.78 is 0. The molecule has 0 aliphatic carbocycles. The lowest BCUT2D eigenvalue weighted by atomic mass is 9.88. The molecule has 0 saturated heterocycles. The van der Waals surface area contributed by atoms with E-state index in [1.165, 1.54) is 66.4 Å². The van der Waals surface area contributed by atoms with Gasteiger partial charge in [-0.15, -0.1) is 0 Å². The summed E-state index contributed by atoms with van der Waals surface area (Å²) in [4.78, 5) is 11.0. The van der Waals surface area contributed by atoms with Crippen LogP contribution >= 0.6 is 0 Å². The van der Waals surface area contributed by atoms with Crippen LogP contribution in [0.15, 0.2) is 109 Å². The topological polar surface area (TPSA) is 25.8 Å². The van der Waals surface area contributed by atoms with Crippen LogP contribution < -0.4 is 0 Å². The number of hydrogen-bond donors (Lipinski definition) is 0. The SMILES string of the molecule is Cc1c(-c2ccccc2)nc2c(c1C)c(C)c(C)c1c(C)c(C)c(-c3cc(-c4ccccc4)cc(-c4ccccc4)c3)nc12. The lowest BCUT2D eigenvalue weighted by molar-refractivity contribution is 1.23. The van der Waals surface area contributed by atoms with Crippen LogP contribution in [0.2, 0.25) is 0 Å². The largest absolute Gasteiger partial charge is 0.245 e. The van der Waals surface area contributed by atoms with Crippen molar-refractivity contribution < 1.29 is 0 Å². The van der Waals surface area contributed by atoms with E-state index in [9.17, 15) is 0 Å². The molecular formula is C42H36N2. The average Bonchev–Trinajstić information content (AvgIpc) is 3.07. The summed E-state index contributed by atoms with van der Waals surface area (Å²) in [7, 11) is 0. The lowest BCUT2D eigenvalue weighted by Crippen LogP contribution is -2.03. The molecule has 0 amide bonds. The number of rotatable bonds is 4. The standard InChI is InChI=1S/C42H36N2/c1-25-26(2)38-28(4)30(6)40(44-42(38)41-37(25)27(3)29(5)39(43-41)33-20-14-9-15-21-33)36-23-34(31-16-10-7-11-17-31)22-35(24-36)32-18-12-8-13-19-32/h7-24H,1-6H3. The van der Waals surface area contributed by atoms with Crippen molar-refractivity contribution >= 4 is 21.8 Å². The average molecular weight is 569 g/mol. The molecule has 0 bridgehead atoms. The quantitative estimate of drug-likeness (QED) is 0.197. The maximum absolute atomic E-state index is 5.55. The molecule has 7 aromatic rings. The minimum absolute atomic E-state index is 0.979. The van der Waals surface area contributed by atoms with Crippen LogP contribution in [0.4, 0.5) is 0 Å². The Bertz CT molecular complexity index is 2140. The predicted octanol–water partition coefficient (Wildman–Crippen LogP) is 11.3. The summed E-state index contributed by atoms with van der Waals surface area (Å²) in [5.41, 5.74) is 18.5. The summed E-state index contributed by atoms with van der Waals surface area (Å²) in [6.45, 7) is 13.4. The van der Waals surface area contributed by atoms with Crippen LogP contribution in [0.1, 0.15) is 33.4 Å². The zero-order valence-electron chi connectivity index (χ0n) is 26.3. The van der Waals surface area contributed by atoms with E-state index in [4.69, 9.17) is 9.97 Å². The molecule has 5 aromatic carbocycles. The first-order valence-electron chi connectivity index (χ1n) is 15.4. The zero-order chi connectivity index (χ0) is 30.5. The Labute approximate surface area is 260 Å². The van der Waals surface area contributed by atoms with Crippen molar-refractivity contribution in [2.24, 2.45) is 0 Å². The Hall–Kier alpha value is -5.08. The van der Waals surface area contributed by atoms with E-state index in [1.807, 2.05) is 0 Å². The van der Waals surface area contributed by atoms with Gasteiger partial charge in [0.15, 0.2) is 0 Å². The molecule has 0 aliphatic heterocycles. The van der Waals surface area contributed by atoms with E-state index in [1.54, 1.807) is 0 Å².